The first-order chi connectivity index (χ1) is 10.7. The molecule has 0 aromatic heterocycles. The van der Waals surface area contributed by atoms with Crippen LogP contribution >= 0.6 is 24.0 Å². The van der Waals surface area contributed by atoms with Crippen molar-refractivity contribution >= 4 is 29.9 Å². The van der Waals surface area contributed by atoms with Gasteiger partial charge in [0.05, 0.1) is 12.7 Å². The first-order valence-electron chi connectivity index (χ1n) is 7.76. The number of methoxy groups -OCH3 is 1. The van der Waals surface area contributed by atoms with Gasteiger partial charge in [-0.05, 0) is 31.2 Å². The lowest BCUT2D eigenvalue weighted by Gasteiger charge is -2.37. The van der Waals surface area contributed by atoms with Crippen LogP contribution in [0.15, 0.2) is 18.2 Å². The minimum atomic E-state index is 0. The van der Waals surface area contributed by atoms with Crippen molar-refractivity contribution in [3.63, 3.8) is 0 Å². The molecule has 5 nitrogen and oxygen atoms in total. The summed E-state index contributed by atoms with van der Waals surface area (Å²) in [5.41, 5.74) is 0.586. The molecule has 7 heteroatoms. The second kappa shape index (κ2) is 8.20. The number of nitrogens with zero attached hydrogens (tertiary/aromatic N) is 2. The Hall–Kier alpha value is -1.01. The van der Waals surface area contributed by atoms with Crippen molar-refractivity contribution in [1.82, 2.24) is 15.1 Å². The zero-order valence-corrected chi connectivity index (χ0v) is 14.8. The topological polar surface area (TPSA) is 44.8 Å². The van der Waals surface area contributed by atoms with Gasteiger partial charge in [-0.2, -0.15) is 0 Å². The number of hydrogen-bond donors (Lipinski definition) is 1. The Morgan fingerprint density at radius 2 is 2.04 bits per heavy atom. The van der Waals surface area contributed by atoms with E-state index in [-0.39, 0.29) is 18.3 Å². The quantitative estimate of drug-likeness (QED) is 0.894. The summed E-state index contributed by atoms with van der Waals surface area (Å²) in [6.07, 6.45) is 1.21. The first-order valence-corrected chi connectivity index (χ1v) is 8.14. The molecule has 1 N–H and O–H groups in total. The molecule has 128 valence electrons. The van der Waals surface area contributed by atoms with Gasteiger partial charge in [-0.1, -0.05) is 11.6 Å². The number of ether oxygens (including phenoxy) is 1. The van der Waals surface area contributed by atoms with E-state index in [0.717, 1.165) is 39.3 Å². The Labute approximate surface area is 148 Å². The van der Waals surface area contributed by atoms with Crippen LogP contribution in [0.3, 0.4) is 0 Å². The fourth-order valence-corrected chi connectivity index (χ4v) is 3.42. The maximum atomic E-state index is 12.7. The Morgan fingerprint density at radius 3 is 2.65 bits per heavy atom. The highest BCUT2D eigenvalue weighted by Crippen LogP contribution is 2.25. The number of amides is 1. The van der Waals surface area contributed by atoms with Gasteiger partial charge in [0.2, 0.25) is 0 Å². The molecule has 1 aromatic carbocycles. The molecule has 1 aromatic rings. The third kappa shape index (κ3) is 4.10. The van der Waals surface area contributed by atoms with Crippen LogP contribution in [0.4, 0.5) is 0 Å². The Bertz CT molecular complexity index is 542. The molecule has 1 amide bonds. The number of rotatable bonds is 3. The van der Waals surface area contributed by atoms with E-state index in [1.165, 1.54) is 6.42 Å². The molecule has 23 heavy (non-hydrogen) atoms. The van der Waals surface area contributed by atoms with Gasteiger partial charge in [0.1, 0.15) is 5.75 Å². The summed E-state index contributed by atoms with van der Waals surface area (Å²) in [6, 6.07) is 5.80. The zero-order valence-electron chi connectivity index (χ0n) is 13.3. The predicted octanol–water partition coefficient (Wildman–Crippen LogP) is 1.89. The normalized spacial score (nSPS) is 21.8. The van der Waals surface area contributed by atoms with Crippen LogP contribution in [-0.4, -0.2) is 68.1 Å². The van der Waals surface area contributed by atoms with Crippen molar-refractivity contribution in [2.45, 2.75) is 12.5 Å². The SMILES string of the molecule is COc1cc(Cl)ccc1C(=O)N1CCN(C2CCNC2)CC1.Cl. The molecular formula is C16H23Cl2N3O2. The highest BCUT2D eigenvalue weighted by molar-refractivity contribution is 6.30. The Balaban J connectivity index is 0.00000192. The zero-order chi connectivity index (χ0) is 15.5. The van der Waals surface area contributed by atoms with Crippen molar-refractivity contribution in [2.24, 2.45) is 0 Å². The molecule has 2 fully saturated rings. The number of nitrogens with one attached hydrogen (secondary N) is 1. The van der Waals surface area contributed by atoms with Gasteiger partial charge in [-0.25, -0.2) is 0 Å². The second-order valence-electron chi connectivity index (χ2n) is 5.82. The maximum absolute atomic E-state index is 12.7. The molecule has 2 aliphatic heterocycles. The smallest absolute Gasteiger partial charge is 0.257 e. The molecule has 0 aliphatic carbocycles. The van der Waals surface area contributed by atoms with Crippen molar-refractivity contribution in [1.29, 1.82) is 0 Å². The monoisotopic (exact) mass is 359 g/mol. The Morgan fingerprint density at radius 1 is 1.30 bits per heavy atom. The lowest BCUT2D eigenvalue weighted by molar-refractivity contribution is 0.0581. The van der Waals surface area contributed by atoms with Crippen molar-refractivity contribution in [2.75, 3.05) is 46.4 Å². The molecular weight excluding hydrogens is 337 g/mol. The van der Waals surface area contributed by atoms with Crippen LogP contribution < -0.4 is 10.1 Å². The van der Waals surface area contributed by atoms with E-state index in [0.29, 0.717) is 22.4 Å². The van der Waals surface area contributed by atoms with Crippen molar-refractivity contribution in [3.8, 4) is 5.75 Å². The standard InChI is InChI=1S/C16H22ClN3O2.ClH/c1-22-15-10-12(17)2-3-14(15)16(21)20-8-6-19(7-9-20)13-4-5-18-11-13;/h2-3,10,13,18H,4-9,11H2,1H3;1H. The number of piperazine rings is 1. The van der Waals surface area contributed by atoms with E-state index in [4.69, 9.17) is 16.3 Å². The third-order valence-electron chi connectivity index (χ3n) is 4.55. The fourth-order valence-electron chi connectivity index (χ4n) is 3.25. The molecule has 2 saturated heterocycles. The van der Waals surface area contributed by atoms with Crippen LogP contribution in [0.2, 0.25) is 5.02 Å². The molecule has 1 unspecified atom stereocenters. The summed E-state index contributed by atoms with van der Waals surface area (Å²) in [4.78, 5) is 17.1. The molecule has 0 saturated carbocycles. The van der Waals surface area contributed by atoms with E-state index in [2.05, 4.69) is 10.2 Å². The molecule has 2 heterocycles. The lowest BCUT2D eigenvalue weighted by Crippen LogP contribution is -2.52. The summed E-state index contributed by atoms with van der Waals surface area (Å²) >= 11 is 5.96. The van der Waals surface area contributed by atoms with E-state index in [1.807, 2.05) is 4.90 Å². The average Bonchev–Trinajstić information content (AvgIpc) is 3.08. The maximum Gasteiger partial charge on any atom is 0.257 e. The average molecular weight is 360 g/mol. The van der Waals surface area contributed by atoms with Gasteiger partial charge >= 0.3 is 0 Å². The summed E-state index contributed by atoms with van der Waals surface area (Å²) in [5, 5.41) is 3.97. The molecule has 0 spiro atoms. The number of carbonyl (C=O) groups excluding carboxylic acids is 1. The molecule has 0 radical (unpaired) electrons. The van der Waals surface area contributed by atoms with Crippen LogP contribution in [-0.2, 0) is 0 Å². The van der Waals surface area contributed by atoms with Crippen LogP contribution in [0, 0.1) is 0 Å². The Kier molecular flexibility index (Phi) is 6.53. The van der Waals surface area contributed by atoms with Gasteiger partial charge in [0.25, 0.3) is 5.91 Å². The number of carbonyl (C=O) groups is 1. The van der Waals surface area contributed by atoms with Crippen LogP contribution in [0.5, 0.6) is 5.75 Å². The minimum Gasteiger partial charge on any atom is -0.496 e. The van der Waals surface area contributed by atoms with Crippen LogP contribution in [0.1, 0.15) is 16.8 Å². The van der Waals surface area contributed by atoms with Crippen molar-refractivity contribution in [3.05, 3.63) is 28.8 Å². The first kappa shape index (κ1) is 18.3. The van der Waals surface area contributed by atoms with Gasteiger partial charge in [-0.3, -0.25) is 9.69 Å². The second-order valence-corrected chi connectivity index (χ2v) is 6.26. The van der Waals surface area contributed by atoms with Crippen LogP contribution in [0.25, 0.3) is 0 Å². The van der Waals surface area contributed by atoms with Crippen molar-refractivity contribution < 1.29 is 9.53 Å². The predicted molar refractivity (Wildman–Crippen MR) is 94.0 cm³/mol. The summed E-state index contributed by atoms with van der Waals surface area (Å²) in [7, 11) is 1.56. The minimum absolute atomic E-state index is 0. The molecule has 3 rings (SSSR count). The number of benzene rings is 1. The fraction of sp³-hybridized carbons (Fsp3) is 0.562. The highest BCUT2D eigenvalue weighted by atomic mass is 35.5. The largest absolute Gasteiger partial charge is 0.496 e. The lowest BCUT2D eigenvalue weighted by atomic mass is 10.1. The highest BCUT2D eigenvalue weighted by Gasteiger charge is 2.29. The summed E-state index contributed by atoms with van der Waals surface area (Å²) in [5.74, 6) is 0.567. The summed E-state index contributed by atoms with van der Waals surface area (Å²) < 4.78 is 5.29. The van der Waals surface area contributed by atoms with Gasteiger partial charge in [-0.15, -0.1) is 12.4 Å². The van der Waals surface area contributed by atoms with E-state index >= 15 is 0 Å². The van der Waals surface area contributed by atoms with Gasteiger partial charge in [0, 0.05) is 43.8 Å². The third-order valence-corrected chi connectivity index (χ3v) is 4.78. The molecule has 2 aliphatic rings. The van der Waals surface area contributed by atoms with Gasteiger partial charge < -0.3 is 15.0 Å². The summed E-state index contributed by atoms with van der Waals surface area (Å²) in [6.45, 7) is 5.58. The van der Waals surface area contributed by atoms with Gasteiger partial charge in [0.15, 0.2) is 0 Å². The number of hydrogen-bond acceptors (Lipinski definition) is 4. The number of halogens is 2. The molecule has 0 bridgehead atoms. The van der Waals surface area contributed by atoms with E-state index < -0.39 is 0 Å². The molecule has 1 atom stereocenters. The van der Waals surface area contributed by atoms with E-state index in [9.17, 15) is 4.79 Å². The van der Waals surface area contributed by atoms with E-state index in [1.54, 1.807) is 25.3 Å².